The van der Waals surface area contributed by atoms with E-state index in [1.807, 2.05) is 29.3 Å². The van der Waals surface area contributed by atoms with Crippen molar-refractivity contribution in [3.05, 3.63) is 110 Å². The summed E-state index contributed by atoms with van der Waals surface area (Å²) in [5.74, 6) is 0.486. The monoisotopic (exact) mass is 550 g/mol. The van der Waals surface area contributed by atoms with Crippen molar-refractivity contribution in [1.29, 1.82) is 0 Å². The summed E-state index contributed by atoms with van der Waals surface area (Å²) >= 11 is 7.25. The predicted octanol–water partition coefficient (Wildman–Crippen LogP) is 7.75. The van der Waals surface area contributed by atoms with E-state index in [-0.39, 0.29) is 11.9 Å². The first-order valence-electron chi connectivity index (χ1n) is 10.3. The molecule has 0 amide bonds. The Labute approximate surface area is 201 Å². The molecule has 6 heteroatoms. The van der Waals surface area contributed by atoms with Crippen molar-refractivity contribution in [2.75, 3.05) is 0 Å². The molecule has 2 aliphatic heterocycles. The Morgan fingerprint density at radius 2 is 1.75 bits per heavy atom. The van der Waals surface area contributed by atoms with Gasteiger partial charge in [-0.25, -0.2) is 9.40 Å². The fourth-order valence-corrected chi connectivity index (χ4v) is 5.89. The summed E-state index contributed by atoms with van der Waals surface area (Å²) < 4.78 is 22.3. The highest BCUT2D eigenvalue weighted by Gasteiger charge is 2.42. The summed E-state index contributed by atoms with van der Waals surface area (Å²) in [6, 6.07) is 25.3. The van der Waals surface area contributed by atoms with Crippen molar-refractivity contribution < 1.29 is 9.13 Å². The van der Waals surface area contributed by atoms with Crippen LogP contribution in [0.4, 0.5) is 4.39 Å². The third kappa shape index (κ3) is 3.33. The first kappa shape index (κ1) is 19.9. The minimum atomic E-state index is -0.515. The average molecular weight is 552 g/mol. The number of halogens is 3. The molecule has 0 fully saturated rings. The molecule has 0 aromatic heterocycles. The smallest absolute Gasteiger partial charge is 0.214 e. The summed E-state index contributed by atoms with van der Waals surface area (Å²) in [6.07, 6.45) is 0.224. The molecule has 6 rings (SSSR count). The number of nitrogens with zero attached hydrogens (tertiary/aromatic N) is 2. The van der Waals surface area contributed by atoms with Crippen LogP contribution in [0.2, 0.25) is 0 Å². The van der Waals surface area contributed by atoms with Crippen LogP contribution in [0, 0.1) is 5.82 Å². The van der Waals surface area contributed by atoms with Crippen LogP contribution in [-0.4, -0.2) is 10.7 Å². The third-order valence-corrected chi connectivity index (χ3v) is 7.07. The van der Waals surface area contributed by atoms with Gasteiger partial charge in [-0.1, -0.05) is 64.5 Å². The van der Waals surface area contributed by atoms with Gasteiger partial charge in [-0.05, 0) is 62.6 Å². The normalized spacial score (nSPS) is 19.3. The molecule has 0 aliphatic carbocycles. The van der Waals surface area contributed by atoms with Crippen molar-refractivity contribution in [2.24, 2.45) is 5.10 Å². The lowest BCUT2D eigenvalue weighted by atomic mass is 9.95. The molecule has 0 radical (unpaired) electrons. The van der Waals surface area contributed by atoms with Gasteiger partial charge >= 0.3 is 0 Å². The summed E-state index contributed by atoms with van der Waals surface area (Å²) in [5, 5.41) is 9.36. The van der Waals surface area contributed by atoms with E-state index in [0.29, 0.717) is 0 Å². The van der Waals surface area contributed by atoms with E-state index >= 15 is 0 Å². The van der Waals surface area contributed by atoms with E-state index in [0.717, 1.165) is 43.5 Å². The molecule has 0 unspecified atom stereocenters. The van der Waals surface area contributed by atoms with Gasteiger partial charge in [0.05, 0.1) is 16.2 Å². The number of ether oxygens (including phenoxy) is 1. The first-order chi connectivity index (χ1) is 15.6. The Kier molecular flexibility index (Phi) is 4.81. The van der Waals surface area contributed by atoms with Gasteiger partial charge in [-0.2, -0.15) is 5.10 Å². The first-order valence-corrected chi connectivity index (χ1v) is 11.9. The molecule has 4 aromatic rings. The van der Waals surface area contributed by atoms with Gasteiger partial charge < -0.3 is 4.74 Å². The van der Waals surface area contributed by atoms with E-state index < -0.39 is 6.23 Å². The highest BCUT2D eigenvalue weighted by molar-refractivity contribution is 9.11. The van der Waals surface area contributed by atoms with Gasteiger partial charge in [-0.3, -0.25) is 0 Å². The fourth-order valence-electron chi connectivity index (χ4n) is 4.54. The molecule has 4 aromatic carbocycles. The van der Waals surface area contributed by atoms with Crippen LogP contribution in [0.3, 0.4) is 0 Å². The Balaban J connectivity index is 1.48. The second kappa shape index (κ2) is 7.71. The quantitative estimate of drug-likeness (QED) is 0.254. The Morgan fingerprint density at radius 3 is 2.59 bits per heavy atom. The van der Waals surface area contributed by atoms with Crippen LogP contribution < -0.4 is 4.74 Å². The molecule has 158 valence electrons. The molecule has 0 bridgehead atoms. The summed E-state index contributed by atoms with van der Waals surface area (Å²) in [5.41, 5.74) is 3.87. The minimum Gasteiger partial charge on any atom is -0.463 e. The van der Waals surface area contributed by atoms with E-state index in [2.05, 4.69) is 68.3 Å². The maximum absolute atomic E-state index is 14.1. The molecule has 3 nitrogen and oxygen atoms in total. The van der Waals surface area contributed by atoms with Crippen molar-refractivity contribution in [3.8, 4) is 5.75 Å². The average Bonchev–Trinajstić information content (AvgIpc) is 3.24. The molecular weight excluding hydrogens is 535 g/mol. The Morgan fingerprint density at radius 1 is 0.906 bits per heavy atom. The van der Waals surface area contributed by atoms with E-state index in [4.69, 9.17) is 9.84 Å². The van der Waals surface area contributed by atoms with Gasteiger partial charge in [-0.15, -0.1) is 0 Å². The molecule has 0 saturated carbocycles. The molecule has 0 saturated heterocycles. The maximum Gasteiger partial charge on any atom is 0.214 e. The van der Waals surface area contributed by atoms with Gasteiger partial charge in [0.15, 0.2) is 0 Å². The van der Waals surface area contributed by atoms with E-state index in [9.17, 15) is 4.39 Å². The molecule has 0 N–H and O–H groups in total. The molecule has 2 atom stereocenters. The van der Waals surface area contributed by atoms with Crippen molar-refractivity contribution in [2.45, 2.75) is 18.7 Å². The van der Waals surface area contributed by atoms with Crippen molar-refractivity contribution >= 4 is 48.3 Å². The van der Waals surface area contributed by atoms with Crippen LogP contribution in [0.25, 0.3) is 10.8 Å². The van der Waals surface area contributed by atoms with Gasteiger partial charge in [0, 0.05) is 22.0 Å². The Bertz CT molecular complexity index is 1400. The highest BCUT2D eigenvalue weighted by Crippen LogP contribution is 2.50. The lowest BCUT2D eigenvalue weighted by Gasteiger charge is -2.38. The fraction of sp³-hybridized carbons (Fsp3) is 0.115. The second-order valence-electron chi connectivity index (χ2n) is 8.04. The van der Waals surface area contributed by atoms with Gasteiger partial charge in [0.1, 0.15) is 11.6 Å². The summed E-state index contributed by atoms with van der Waals surface area (Å²) in [7, 11) is 0. The van der Waals surface area contributed by atoms with Crippen LogP contribution in [0.15, 0.2) is 92.9 Å². The molecular formula is C26H17Br2FN2O. The maximum atomic E-state index is 14.1. The van der Waals surface area contributed by atoms with E-state index in [1.165, 1.54) is 22.9 Å². The van der Waals surface area contributed by atoms with Crippen LogP contribution in [-0.2, 0) is 0 Å². The third-order valence-electron chi connectivity index (χ3n) is 6.02. The second-order valence-corrected chi connectivity index (χ2v) is 9.81. The molecule has 0 spiro atoms. The minimum absolute atomic E-state index is 0.0118. The van der Waals surface area contributed by atoms with Crippen molar-refractivity contribution in [3.63, 3.8) is 0 Å². The van der Waals surface area contributed by atoms with Crippen LogP contribution in [0.5, 0.6) is 5.75 Å². The zero-order valence-corrected chi connectivity index (χ0v) is 20.0. The van der Waals surface area contributed by atoms with E-state index in [1.54, 1.807) is 6.07 Å². The largest absolute Gasteiger partial charge is 0.463 e. The summed E-state index contributed by atoms with van der Waals surface area (Å²) in [4.78, 5) is 0. The lowest BCUT2D eigenvalue weighted by molar-refractivity contribution is -0.0199. The number of benzene rings is 4. The van der Waals surface area contributed by atoms with Crippen molar-refractivity contribution in [1.82, 2.24) is 5.01 Å². The lowest BCUT2D eigenvalue weighted by Crippen LogP contribution is -2.34. The molecule has 32 heavy (non-hydrogen) atoms. The zero-order valence-electron chi connectivity index (χ0n) is 16.8. The standard InChI is InChI=1S/C26H17Br2FN2O/c27-19-12-21-24-14-23(17-9-8-15-4-1-2-5-16(15)10-17)30-31(24)26(32-25(21)22(28)13-19)18-6-3-7-20(29)11-18/h1-13,24,26H,14H2/t24-,26-/m1/s1. The SMILES string of the molecule is Fc1cccc([C@H]2Oc3c(Br)cc(Br)cc3[C@H]3CC(c4ccc5ccccc5c4)=NN32)c1. The predicted molar refractivity (Wildman–Crippen MR) is 131 cm³/mol. The van der Waals surface area contributed by atoms with Gasteiger partial charge in [0.2, 0.25) is 6.23 Å². The molecule has 2 heterocycles. The Hall–Kier alpha value is -2.70. The number of hydrogen-bond acceptors (Lipinski definition) is 3. The van der Waals surface area contributed by atoms with Crippen LogP contribution in [0.1, 0.15) is 35.4 Å². The number of hydrogen-bond donors (Lipinski definition) is 0. The summed E-state index contributed by atoms with van der Waals surface area (Å²) in [6.45, 7) is 0. The molecule has 2 aliphatic rings. The van der Waals surface area contributed by atoms with Crippen LogP contribution >= 0.6 is 31.9 Å². The topological polar surface area (TPSA) is 24.8 Å². The number of rotatable bonds is 2. The number of fused-ring (bicyclic) bond motifs is 4. The van der Waals surface area contributed by atoms with Gasteiger partial charge in [0.25, 0.3) is 0 Å². The number of hydrazone groups is 1. The zero-order chi connectivity index (χ0) is 21.8. The highest BCUT2D eigenvalue weighted by atomic mass is 79.9.